The van der Waals surface area contributed by atoms with Gasteiger partial charge in [0.1, 0.15) is 5.82 Å². The summed E-state index contributed by atoms with van der Waals surface area (Å²) in [6.45, 7) is 0. The maximum Gasteiger partial charge on any atom is 0.307 e. The van der Waals surface area contributed by atoms with Gasteiger partial charge in [-0.05, 0) is 48.0 Å². The number of carbonyl (C=O) groups is 2. The molecule has 10 heteroatoms. The zero-order chi connectivity index (χ0) is 24.0. The molecule has 1 amide bonds. The molecular weight excluding hydrogens is 471 g/mol. The maximum atomic E-state index is 13.1. The molecule has 0 saturated heterocycles. The van der Waals surface area contributed by atoms with E-state index in [0.29, 0.717) is 5.56 Å². The lowest BCUT2D eigenvalue weighted by molar-refractivity contribution is -0.141. The first-order valence-electron chi connectivity index (χ1n) is 9.70. The summed E-state index contributed by atoms with van der Waals surface area (Å²) in [6.07, 6.45) is -0.0934. The van der Waals surface area contributed by atoms with Crippen LogP contribution in [0, 0.1) is 5.82 Å². The summed E-state index contributed by atoms with van der Waals surface area (Å²) in [7, 11) is -2.82. The van der Waals surface area contributed by atoms with Gasteiger partial charge in [0.25, 0.3) is 15.9 Å². The Labute approximate surface area is 195 Å². The van der Waals surface area contributed by atoms with Crippen molar-refractivity contribution in [3.8, 4) is 0 Å². The summed E-state index contributed by atoms with van der Waals surface area (Å²) in [4.78, 5) is 24.6. The Kier molecular flexibility index (Phi) is 7.67. The lowest BCUT2D eigenvalue weighted by Crippen LogP contribution is -2.30. The summed E-state index contributed by atoms with van der Waals surface area (Å²) < 4.78 is 45.4. The molecule has 172 valence electrons. The molecular formula is C23H20ClFN2O5S. The SMILES string of the molecule is COC(=O)CC(NC(=O)c1ccc(Cl)c(NS(=O)(=O)c2ccc(F)cc2)c1)c1ccccc1. The highest BCUT2D eigenvalue weighted by Gasteiger charge is 2.21. The van der Waals surface area contributed by atoms with Gasteiger partial charge in [-0.25, -0.2) is 12.8 Å². The molecule has 3 rings (SSSR count). The number of carbonyl (C=O) groups excluding carboxylic acids is 2. The van der Waals surface area contributed by atoms with Crippen LogP contribution in [0.5, 0.6) is 0 Å². The Balaban J connectivity index is 1.84. The van der Waals surface area contributed by atoms with E-state index in [-0.39, 0.29) is 27.6 Å². The molecule has 3 aromatic rings. The number of hydrogen-bond acceptors (Lipinski definition) is 5. The Morgan fingerprint density at radius 1 is 1.03 bits per heavy atom. The van der Waals surface area contributed by atoms with Gasteiger partial charge >= 0.3 is 5.97 Å². The largest absolute Gasteiger partial charge is 0.469 e. The first-order chi connectivity index (χ1) is 15.7. The third-order valence-electron chi connectivity index (χ3n) is 4.70. The Hall–Kier alpha value is -3.43. The highest BCUT2D eigenvalue weighted by molar-refractivity contribution is 7.92. The number of nitrogens with one attached hydrogen (secondary N) is 2. The van der Waals surface area contributed by atoms with Crippen molar-refractivity contribution in [1.82, 2.24) is 5.32 Å². The number of rotatable bonds is 8. The molecule has 0 aliphatic heterocycles. The van der Waals surface area contributed by atoms with Gasteiger partial charge in [0, 0.05) is 5.56 Å². The number of sulfonamides is 1. The molecule has 0 heterocycles. The van der Waals surface area contributed by atoms with Crippen LogP contribution in [0.4, 0.5) is 10.1 Å². The highest BCUT2D eigenvalue weighted by atomic mass is 35.5. The predicted molar refractivity (Wildman–Crippen MR) is 122 cm³/mol. The van der Waals surface area contributed by atoms with Crippen molar-refractivity contribution in [3.63, 3.8) is 0 Å². The van der Waals surface area contributed by atoms with Crippen molar-refractivity contribution in [1.29, 1.82) is 0 Å². The van der Waals surface area contributed by atoms with E-state index >= 15 is 0 Å². The lowest BCUT2D eigenvalue weighted by atomic mass is 10.0. The minimum atomic E-state index is -4.07. The first kappa shape index (κ1) is 24.2. The van der Waals surface area contributed by atoms with Gasteiger partial charge in [-0.15, -0.1) is 0 Å². The van der Waals surface area contributed by atoms with Gasteiger partial charge in [0.2, 0.25) is 0 Å². The summed E-state index contributed by atoms with van der Waals surface area (Å²) in [6, 6.07) is 16.5. The number of hydrogen-bond donors (Lipinski definition) is 2. The van der Waals surface area contributed by atoms with E-state index in [9.17, 15) is 22.4 Å². The number of ether oxygens (including phenoxy) is 1. The van der Waals surface area contributed by atoms with Crippen LogP contribution in [0.25, 0.3) is 0 Å². The minimum absolute atomic E-state index is 0.0297. The van der Waals surface area contributed by atoms with Crippen LogP contribution < -0.4 is 10.0 Å². The van der Waals surface area contributed by atoms with Crippen LogP contribution in [0.2, 0.25) is 5.02 Å². The standard InChI is InChI=1S/C23H20ClFN2O5S/c1-32-22(28)14-20(15-5-3-2-4-6-15)26-23(29)16-7-12-19(24)21(13-16)27-33(30,31)18-10-8-17(25)9-11-18/h2-13,20,27H,14H2,1H3,(H,26,29). The summed E-state index contributed by atoms with van der Waals surface area (Å²) >= 11 is 6.13. The van der Waals surface area contributed by atoms with Gasteiger partial charge in [-0.2, -0.15) is 0 Å². The molecule has 0 aliphatic rings. The number of benzene rings is 3. The Morgan fingerprint density at radius 3 is 2.33 bits per heavy atom. The first-order valence-corrected chi connectivity index (χ1v) is 11.6. The zero-order valence-electron chi connectivity index (χ0n) is 17.4. The minimum Gasteiger partial charge on any atom is -0.469 e. The molecule has 0 fully saturated rings. The molecule has 0 saturated carbocycles. The quantitative estimate of drug-likeness (QED) is 0.458. The van der Waals surface area contributed by atoms with Gasteiger partial charge in [-0.1, -0.05) is 41.9 Å². The number of amides is 1. The lowest BCUT2D eigenvalue weighted by Gasteiger charge is -2.19. The van der Waals surface area contributed by atoms with Gasteiger partial charge < -0.3 is 10.1 Å². The number of esters is 1. The molecule has 0 aliphatic carbocycles. The summed E-state index contributed by atoms with van der Waals surface area (Å²) in [5, 5.41) is 2.82. The molecule has 7 nitrogen and oxygen atoms in total. The average molecular weight is 491 g/mol. The molecule has 0 spiro atoms. The number of anilines is 1. The normalized spacial score (nSPS) is 12.0. The van der Waals surface area contributed by atoms with Crippen LogP contribution in [-0.2, 0) is 19.6 Å². The van der Waals surface area contributed by atoms with Crippen LogP contribution in [0.15, 0.2) is 77.7 Å². The molecule has 3 aromatic carbocycles. The van der Waals surface area contributed by atoms with Crippen molar-refractivity contribution < 1.29 is 27.1 Å². The van der Waals surface area contributed by atoms with Crippen molar-refractivity contribution in [3.05, 3.63) is 94.8 Å². The molecule has 33 heavy (non-hydrogen) atoms. The second-order valence-electron chi connectivity index (χ2n) is 6.97. The van der Waals surface area contributed by atoms with E-state index in [0.717, 1.165) is 24.3 Å². The maximum absolute atomic E-state index is 13.1. The van der Waals surface area contributed by atoms with E-state index in [4.69, 9.17) is 16.3 Å². The van der Waals surface area contributed by atoms with E-state index in [1.165, 1.54) is 25.3 Å². The van der Waals surface area contributed by atoms with Gasteiger partial charge in [0.05, 0.1) is 35.2 Å². The molecule has 0 radical (unpaired) electrons. The number of methoxy groups -OCH3 is 1. The van der Waals surface area contributed by atoms with Crippen molar-refractivity contribution in [2.24, 2.45) is 0 Å². The van der Waals surface area contributed by atoms with Crippen LogP contribution in [0.1, 0.15) is 28.4 Å². The van der Waals surface area contributed by atoms with Gasteiger partial charge in [0.15, 0.2) is 0 Å². The topological polar surface area (TPSA) is 102 Å². The van der Waals surface area contributed by atoms with Crippen LogP contribution in [-0.4, -0.2) is 27.4 Å². The second-order valence-corrected chi connectivity index (χ2v) is 9.06. The van der Waals surface area contributed by atoms with Crippen molar-refractivity contribution in [2.45, 2.75) is 17.4 Å². The summed E-state index contributed by atoms with van der Waals surface area (Å²) in [5.74, 6) is -1.63. The van der Waals surface area contributed by atoms with E-state index in [1.807, 2.05) is 0 Å². The highest BCUT2D eigenvalue weighted by Crippen LogP contribution is 2.27. The van der Waals surface area contributed by atoms with E-state index in [1.54, 1.807) is 30.3 Å². The third kappa shape index (κ3) is 6.30. The Bertz CT molecular complexity index is 1250. The summed E-state index contributed by atoms with van der Waals surface area (Å²) in [5.41, 5.74) is 0.780. The second kappa shape index (κ2) is 10.5. The molecule has 2 N–H and O–H groups in total. The zero-order valence-corrected chi connectivity index (χ0v) is 19.0. The third-order valence-corrected chi connectivity index (χ3v) is 6.41. The molecule has 1 unspecified atom stereocenters. The smallest absolute Gasteiger partial charge is 0.307 e. The van der Waals surface area contributed by atoms with Crippen molar-refractivity contribution in [2.75, 3.05) is 11.8 Å². The predicted octanol–water partition coefficient (Wildman–Crippen LogP) is 4.31. The van der Waals surface area contributed by atoms with E-state index < -0.39 is 33.8 Å². The molecule has 1 atom stereocenters. The molecule has 0 aromatic heterocycles. The fraction of sp³-hybridized carbons (Fsp3) is 0.130. The van der Waals surface area contributed by atoms with Gasteiger partial charge in [-0.3, -0.25) is 14.3 Å². The Morgan fingerprint density at radius 2 is 1.70 bits per heavy atom. The monoisotopic (exact) mass is 490 g/mol. The number of halogens is 2. The fourth-order valence-corrected chi connectivity index (χ4v) is 4.28. The molecule has 0 bridgehead atoms. The fourth-order valence-electron chi connectivity index (χ4n) is 2.99. The average Bonchev–Trinajstić information content (AvgIpc) is 2.80. The van der Waals surface area contributed by atoms with Crippen LogP contribution in [0.3, 0.4) is 0 Å². The van der Waals surface area contributed by atoms with Crippen LogP contribution >= 0.6 is 11.6 Å². The van der Waals surface area contributed by atoms with E-state index in [2.05, 4.69) is 10.0 Å². The van der Waals surface area contributed by atoms with Crippen molar-refractivity contribution >= 4 is 39.2 Å².